The van der Waals surface area contributed by atoms with Gasteiger partial charge in [-0.05, 0) is 46.8 Å². The van der Waals surface area contributed by atoms with E-state index in [0.29, 0.717) is 6.61 Å². The molecule has 1 atom stereocenters. The summed E-state index contributed by atoms with van der Waals surface area (Å²) in [4.78, 5) is 0. The number of hydrogen-bond acceptors (Lipinski definition) is 3. The average Bonchev–Trinajstić information content (AvgIpc) is 2.09. The van der Waals surface area contributed by atoms with Crippen molar-refractivity contribution in [1.29, 1.82) is 0 Å². The third-order valence-corrected chi connectivity index (χ3v) is 1.53. The van der Waals surface area contributed by atoms with Crippen LogP contribution in [0.2, 0.25) is 0 Å². The Morgan fingerprint density at radius 2 is 1.93 bits per heavy atom. The van der Waals surface area contributed by atoms with Gasteiger partial charge in [0.15, 0.2) is 0 Å². The predicted molar refractivity (Wildman–Crippen MR) is 63.3 cm³/mol. The van der Waals surface area contributed by atoms with E-state index in [1.807, 2.05) is 52.8 Å². The highest BCUT2D eigenvalue weighted by atomic mass is 16.6. The van der Waals surface area contributed by atoms with Gasteiger partial charge in [0.25, 0.3) is 0 Å². The van der Waals surface area contributed by atoms with Crippen LogP contribution >= 0.6 is 0 Å². The second-order valence-corrected chi connectivity index (χ2v) is 4.27. The zero-order valence-electron chi connectivity index (χ0n) is 10.4. The topological polar surface area (TPSA) is 44.5 Å². The van der Waals surface area contributed by atoms with Gasteiger partial charge in [0, 0.05) is 0 Å². The van der Waals surface area contributed by atoms with Crippen LogP contribution in [0.25, 0.3) is 0 Å². The number of rotatable bonds is 5. The fourth-order valence-electron chi connectivity index (χ4n) is 1.06. The van der Waals surface area contributed by atoms with Gasteiger partial charge >= 0.3 is 0 Å². The quantitative estimate of drug-likeness (QED) is 0.433. The van der Waals surface area contributed by atoms with Gasteiger partial charge in [-0.3, -0.25) is 0 Å². The molecule has 0 spiro atoms. The van der Waals surface area contributed by atoms with Crippen molar-refractivity contribution < 1.29 is 9.47 Å². The highest BCUT2D eigenvalue weighted by Gasteiger charge is 2.15. The summed E-state index contributed by atoms with van der Waals surface area (Å²) in [5.74, 6) is 0.811. The van der Waals surface area contributed by atoms with Gasteiger partial charge in [-0.2, -0.15) is 0 Å². The third kappa shape index (κ3) is 8.21. The van der Waals surface area contributed by atoms with Crippen LogP contribution in [0.5, 0.6) is 0 Å². The molecule has 0 bridgehead atoms. The Labute approximate surface area is 92.9 Å². The third-order valence-electron chi connectivity index (χ3n) is 1.53. The van der Waals surface area contributed by atoms with Crippen molar-refractivity contribution in [3.63, 3.8) is 0 Å². The van der Waals surface area contributed by atoms with Crippen molar-refractivity contribution in [2.24, 2.45) is 5.73 Å². The lowest BCUT2D eigenvalue weighted by Crippen LogP contribution is -2.36. The number of nitrogens with two attached hydrogens (primary N) is 1. The Bertz CT molecular complexity index is 226. The molecule has 3 nitrogen and oxygen atoms in total. The van der Waals surface area contributed by atoms with Crippen molar-refractivity contribution in [3.05, 3.63) is 24.0 Å². The zero-order chi connectivity index (χ0) is 11.9. The molecule has 0 aromatic heterocycles. The first kappa shape index (κ1) is 14.2. The molecule has 0 aliphatic rings. The molecule has 0 aromatic carbocycles. The summed E-state index contributed by atoms with van der Waals surface area (Å²) in [6, 6.07) is 0. The van der Waals surface area contributed by atoms with Crippen LogP contribution in [0.3, 0.4) is 0 Å². The van der Waals surface area contributed by atoms with E-state index in [-0.39, 0.29) is 5.60 Å². The van der Waals surface area contributed by atoms with Gasteiger partial charge in [0.1, 0.15) is 18.6 Å². The molecule has 0 aliphatic heterocycles. The van der Waals surface area contributed by atoms with Crippen molar-refractivity contribution >= 4 is 0 Å². The highest BCUT2D eigenvalue weighted by molar-refractivity contribution is 5.09. The number of ether oxygens (including phenoxy) is 2. The average molecular weight is 213 g/mol. The monoisotopic (exact) mass is 213 g/mol. The van der Waals surface area contributed by atoms with Gasteiger partial charge in [-0.15, -0.1) is 0 Å². The van der Waals surface area contributed by atoms with Crippen LogP contribution in [-0.4, -0.2) is 18.4 Å². The second-order valence-electron chi connectivity index (χ2n) is 4.27. The van der Waals surface area contributed by atoms with Crippen LogP contribution < -0.4 is 5.73 Å². The molecule has 0 amide bonds. The van der Waals surface area contributed by atoms with Crippen LogP contribution in [0.1, 0.15) is 34.6 Å². The molecule has 88 valence electrons. The molecule has 2 N–H and O–H groups in total. The summed E-state index contributed by atoms with van der Waals surface area (Å²) in [6.45, 7) is 10.1. The largest absolute Gasteiger partial charge is 0.490 e. The molecular weight excluding hydrogens is 190 g/mol. The van der Waals surface area contributed by atoms with Gasteiger partial charge < -0.3 is 15.2 Å². The SMILES string of the molecule is C/C=C\C(=C/C)OCC(N)OC(C)(C)C. The maximum atomic E-state index is 5.76. The fourth-order valence-corrected chi connectivity index (χ4v) is 1.06. The van der Waals surface area contributed by atoms with E-state index in [1.165, 1.54) is 0 Å². The lowest BCUT2D eigenvalue weighted by Gasteiger charge is -2.24. The molecule has 3 heteroatoms. The Hall–Kier alpha value is -0.800. The zero-order valence-corrected chi connectivity index (χ0v) is 10.4. The Balaban J connectivity index is 3.94. The van der Waals surface area contributed by atoms with Gasteiger partial charge in [-0.25, -0.2) is 0 Å². The van der Waals surface area contributed by atoms with Gasteiger partial charge in [-0.1, -0.05) is 6.08 Å². The highest BCUT2D eigenvalue weighted by Crippen LogP contribution is 2.09. The van der Waals surface area contributed by atoms with E-state index in [0.717, 1.165) is 5.76 Å². The minimum Gasteiger partial charge on any atom is -0.490 e. The molecular formula is C12H23NO2. The molecule has 0 aliphatic carbocycles. The molecule has 0 aromatic rings. The molecule has 0 fully saturated rings. The summed E-state index contributed by atoms with van der Waals surface area (Å²) >= 11 is 0. The minimum atomic E-state index is -0.398. The van der Waals surface area contributed by atoms with E-state index in [4.69, 9.17) is 15.2 Å². The van der Waals surface area contributed by atoms with Crippen molar-refractivity contribution in [2.45, 2.75) is 46.4 Å². The summed E-state index contributed by atoms with van der Waals surface area (Å²) in [5.41, 5.74) is 5.52. The van der Waals surface area contributed by atoms with Crippen molar-refractivity contribution in [3.8, 4) is 0 Å². The first-order valence-electron chi connectivity index (χ1n) is 5.24. The Morgan fingerprint density at radius 3 is 2.33 bits per heavy atom. The molecule has 15 heavy (non-hydrogen) atoms. The van der Waals surface area contributed by atoms with Gasteiger partial charge in [0.05, 0.1) is 5.60 Å². The van der Waals surface area contributed by atoms with E-state index in [2.05, 4.69) is 0 Å². The number of allylic oxidation sites excluding steroid dienone is 3. The van der Waals surface area contributed by atoms with E-state index >= 15 is 0 Å². The second kappa shape index (κ2) is 6.64. The Kier molecular flexibility index (Phi) is 6.29. The maximum Gasteiger partial charge on any atom is 0.140 e. The van der Waals surface area contributed by atoms with Crippen LogP contribution in [-0.2, 0) is 9.47 Å². The first-order chi connectivity index (χ1) is 6.89. The molecule has 1 unspecified atom stereocenters. The van der Waals surface area contributed by atoms with Gasteiger partial charge in [0.2, 0.25) is 0 Å². The number of hydrogen-bond donors (Lipinski definition) is 1. The molecule has 0 heterocycles. The molecule has 0 radical (unpaired) electrons. The summed E-state index contributed by atoms with van der Waals surface area (Å²) in [5, 5.41) is 0. The summed E-state index contributed by atoms with van der Waals surface area (Å²) < 4.78 is 11.0. The normalized spacial score (nSPS) is 15.7. The van der Waals surface area contributed by atoms with Crippen LogP contribution in [0.4, 0.5) is 0 Å². The van der Waals surface area contributed by atoms with E-state index < -0.39 is 6.23 Å². The summed E-state index contributed by atoms with van der Waals surface area (Å²) in [7, 11) is 0. The minimum absolute atomic E-state index is 0.237. The molecule has 0 rings (SSSR count). The summed E-state index contributed by atoms with van der Waals surface area (Å²) in [6.07, 6.45) is 5.31. The van der Waals surface area contributed by atoms with Crippen LogP contribution in [0.15, 0.2) is 24.0 Å². The standard InChI is InChI=1S/C12H23NO2/c1-6-8-10(7-2)14-9-11(13)15-12(3,4)5/h6-8,11H,9,13H2,1-5H3/b8-6-,10-7+. The maximum absolute atomic E-state index is 5.76. The smallest absolute Gasteiger partial charge is 0.140 e. The van der Waals surface area contributed by atoms with Crippen LogP contribution in [0, 0.1) is 0 Å². The molecule has 0 saturated heterocycles. The lowest BCUT2D eigenvalue weighted by molar-refractivity contribution is -0.0803. The first-order valence-corrected chi connectivity index (χ1v) is 5.24. The van der Waals surface area contributed by atoms with Crippen molar-refractivity contribution in [2.75, 3.05) is 6.61 Å². The Morgan fingerprint density at radius 1 is 1.33 bits per heavy atom. The predicted octanol–water partition coefficient (Wildman–Crippen LogP) is 2.58. The van der Waals surface area contributed by atoms with Crippen molar-refractivity contribution in [1.82, 2.24) is 0 Å². The van der Waals surface area contributed by atoms with E-state index in [9.17, 15) is 0 Å². The lowest BCUT2D eigenvalue weighted by atomic mass is 10.2. The van der Waals surface area contributed by atoms with E-state index in [1.54, 1.807) is 0 Å². The molecule has 0 saturated carbocycles. The fraction of sp³-hybridized carbons (Fsp3) is 0.667.